The van der Waals surface area contributed by atoms with Crippen molar-refractivity contribution in [3.63, 3.8) is 0 Å². The van der Waals surface area contributed by atoms with Crippen LogP contribution in [0.15, 0.2) is 66.0 Å². The fourth-order valence-corrected chi connectivity index (χ4v) is 5.91. The van der Waals surface area contributed by atoms with Gasteiger partial charge in [0.1, 0.15) is 21.5 Å². The van der Waals surface area contributed by atoms with E-state index in [9.17, 15) is 8.42 Å². The summed E-state index contributed by atoms with van der Waals surface area (Å²) in [6.07, 6.45) is 7.06. The number of hydrogen-bond acceptors (Lipinski definition) is 6. The van der Waals surface area contributed by atoms with Gasteiger partial charge in [0, 0.05) is 50.2 Å². The quantitative estimate of drug-likeness (QED) is 0.392. The van der Waals surface area contributed by atoms with Gasteiger partial charge in [-0.2, -0.15) is 13.9 Å². The molecule has 1 unspecified atom stereocenters. The molecule has 4 aromatic rings. The van der Waals surface area contributed by atoms with E-state index in [1.807, 2.05) is 52.2 Å². The summed E-state index contributed by atoms with van der Waals surface area (Å²) in [5.74, 6) is 0.836. The van der Waals surface area contributed by atoms with Gasteiger partial charge in [-0.05, 0) is 42.1 Å². The summed E-state index contributed by atoms with van der Waals surface area (Å²) in [4.78, 5) is 9.42. The van der Waals surface area contributed by atoms with Gasteiger partial charge in [0.15, 0.2) is 5.65 Å². The van der Waals surface area contributed by atoms with Gasteiger partial charge in [0.25, 0.3) is 0 Å². The van der Waals surface area contributed by atoms with Crippen LogP contribution in [0.25, 0.3) is 5.65 Å². The highest BCUT2D eigenvalue weighted by Gasteiger charge is 2.32. The molecule has 0 amide bonds. The Kier molecular flexibility index (Phi) is 6.14. The van der Waals surface area contributed by atoms with Gasteiger partial charge in [-0.3, -0.25) is 4.98 Å². The van der Waals surface area contributed by atoms with Crippen molar-refractivity contribution in [1.29, 1.82) is 0 Å². The zero-order valence-electron chi connectivity index (χ0n) is 19.3. The number of aromatic nitrogens is 4. The van der Waals surface area contributed by atoms with Crippen molar-refractivity contribution < 1.29 is 8.42 Å². The van der Waals surface area contributed by atoms with Gasteiger partial charge in [0.05, 0.1) is 10.6 Å². The van der Waals surface area contributed by atoms with Crippen LogP contribution in [0.3, 0.4) is 0 Å². The maximum absolute atomic E-state index is 13.3. The Morgan fingerprint density at radius 3 is 2.71 bits per heavy atom. The molecule has 172 valence electrons. The number of fused-ring (bicyclic) bond motifs is 1. The standard InChI is InChI=1S/C23H26B2N6O2S/c24-18-5-7-19(8-6-18)34(32,33)30-10-2-4-17(15-30)21-11-22(27-13-16-3-1-9-26-12-16)31-23(29-21)20(25)14-28-31/h1,3,5-9,11-12,14,17,27H,2,4,10,13,15,24-25H2. The molecule has 4 heterocycles. The number of piperidine rings is 1. The van der Waals surface area contributed by atoms with Crippen molar-refractivity contribution in [2.75, 3.05) is 18.4 Å². The van der Waals surface area contributed by atoms with E-state index < -0.39 is 10.0 Å². The van der Waals surface area contributed by atoms with Crippen molar-refractivity contribution >= 4 is 48.1 Å². The minimum atomic E-state index is -3.55. The predicted octanol–water partition coefficient (Wildman–Crippen LogP) is -0.178. The fraction of sp³-hybridized carbons (Fsp3) is 0.261. The Bertz CT molecular complexity index is 1410. The number of sulfonamides is 1. The number of anilines is 1. The van der Waals surface area contributed by atoms with Gasteiger partial charge < -0.3 is 5.32 Å². The summed E-state index contributed by atoms with van der Waals surface area (Å²) in [5, 5.41) is 7.95. The Hall–Kier alpha value is -3.17. The largest absolute Gasteiger partial charge is 0.366 e. The van der Waals surface area contributed by atoms with Crippen molar-refractivity contribution in [3.8, 4) is 0 Å². The number of benzene rings is 1. The lowest BCUT2D eigenvalue weighted by molar-refractivity contribution is 0.313. The Balaban J connectivity index is 1.44. The first-order valence-electron chi connectivity index (χ1n) is 11.5. The summed E-state index contributed by atoms with van der Waals surface area (Å²) in [7, 11) is 0.387. The molecule has 1 N–H and O–H groups in total. The van der Waals surface area contributed by atoms with Gasteiger partial charge >= 0.3 is 0 Å². The molecule has 11 heteroatoms. The summed E-state index contributed by atoms with van der Waals surface area (Å²) >= 11 is 0. The van der Waals surface area contributed by atoms with Gasteiger partial charge in [-0.25, -0.2) is 13.4 Å². The van der Waals surface area contributed by atoms with Crippen LogP contribution in [0, 0.1) is 0 Å². The van der Waals surface area contributed by atoms with Crippen LogP contribution in [0.5, 0.6) is 0 Å². The second-order valence-corrected chi connectivity index (χ2v) is 10.8. The highest BCUT2D eigenvalue weighted by atomic mass is 32.2. The molecule has 8 nitrogen and oxygen atoms in total. The molecule has 1 fully saturated rings. The normalized spacial score (nSPS) is 17.1. The van der Waals surface area contributed by atoms with E-state index in [1.165, 1.54) is 0 Å². The second-order valence-electron chi connectivity index (χ2n) is 8.86. The molecule has 0 spiro atoms. The minimum absolute atomic E-state index is 0.00668. The Morgan fingerprint density at radius 1 is 1.12 bits per heavy atom. The molecule has 1 aromatic carbocycles. The number of nitrogens with one attached hydrogen (secondary N) is 1. The van der Waals surface area contributed by atoms with Crippen molar-refractivity contribution in [2.45, 2.75) is 30.2 Å². The van der Waals surface area contributed by atoms with E-state index in [4.69, 9.17) is 4.98 Å². The minimum Gasteiger partial charge on any atom is -0.366 e. The number of nitrogens with zero attached hydrogens (tertiary/aromatic N) is 5. The summed E-state index contributed by atoms with van der Waals surface area (Å²) in [6, 6.07) is 13.0. The SMILES string of the molecule is Bc1ccc(S(=O)(=O)N2CCCC(c3cc(NCc4cccnc4)n4ncc(B)c4n3)C2)cc1. The average molecular weight is 472 g/mol. The van der Waals surface area contributed by atoms with E-state index in [-0.39, 0.29) is 5.92 Å². The molecule has 1 aliphatic rings. The van der Waals surface area contributed by atoms with Crippen LogP contribution in [0.2, 0.25) is 0 Å². The molecule has 5 rings (SSSR count). The molecular weight excluding hydrogens is 446 g/mol. The van der Waals surface area contributed by atoms with E-state index in [0.29, 0.717) is 24.5 Å². The van der Waals surface area contributed by atoms with Crippen LogP contribution in [0.4, 0.5) is 5.82 Å². The predicted molar refractivity (Wildman–Crippen MR) is 138 cm³/mol. The highest BCUT2D eigenvalue weighted by Crippen LogP contribution is 2.30. The molecule has 34 heavy (non-hydrogen) atoms. The molecule has 1 atom stereocenters. The summed E-state index contributed by atoms with van der Waals surface area (Å²) in [5.41, 5.74) is 4.74. The molecule has 1 aliphatic heterocycles. The van der Waals surface area contributed by atoms with Crippen LogP contribution in [-0.4, -0.2) is 61.1 Å². The first-order chi connectivity index (χ1) is 16.4. The molecule has 0 saturated carbocycles. The topological polar surface area (TPSA) is 92.5 Å². The lowest BCUT2D eigenvalue weighted by atomic mass is 9.95. The van der Waals surface area contributed by atoms with Crippen LogP contribution in [-0.2, 0) is 16.6 Å². The van der Waals surface area contributed by atoms with E-state index in [1.54, 1.807) is 33.3 Å². The molecule has 3 aromatic heterocycles. The van der Waals surface area contributed by atoms with Gasteiger partial charge in [-0.15, -0.1) is 0 Å². The van der Waals surface area contributed by atoms with Gasteiger partial charge in [-0.1, -0.05) is 23.7 Å². The number of hydrogen-bond donors (Lipinski definition) is 1. The first kappa shape index (κ1) is 22.6. The Morgan fingerprint density at radius 2 is 1.94 bits per heavy atom. The highest BCUT2D eigenvalue weighted by molar-refractivity contribution is 7.89. The van der Waals surface area contributed by atoms with Crippen LogP contribution >= 0.6 is 0 Å². The fourth-order valence-electron chi connectivity index (χ4n) is 4.38. The number of rotatable bonds is 6. The van der Waals surface area contributed by atoms with Crippen molar-refractivity contribution in [2.24, 2.45) is 0 Å². The monoisotopic (exact) mass is 472 g/mol. The third-order valence-electron chi connectivity index (χ3n) is 6.33. The third-order valence-corrected chi connectivity index (χ3v) is 8.20. The third kappa shape index (κ3) is 4.45. The Labute approximate surface area is 201 Å². The summed E-state index contributed by atoms with van der Waals surface area (Å²) in [6.45, 7) is 1.53. The van der Waals surface area contributed by atoms with Crippen LogP contribution in [0.1, 0.15) is 30.0 Å². The van der Waals surface area contributed by atoms with Crippen molar-refractivity contribution in [3.05, 3.63) is 72.3 Å². The van der Waals surface area contributed by atoms with Crippen LogP contribution < -0.4 is 16.2 Å². The maximum Gasteiger partial charge on any atom is 0.243 e. The molecule has 0 bridgehead atoms. The maximum atomic E-state index is 13.3. The molecule has 0 aliphatic carbocycles. The zero-order chi connectivity index (χ0) is 23.7. The lowest BCUT2D eigenvalue weighted by Crippen LogP contribution is -2.39. The molecular formula is C23H26B2N6O2S. The molecule has 0 radical (unpaired) electrons. The van der Waals surface area contributed by atoms with Crippen molar-refractivity contribution in [1.82, 2.24) is 23.9 Å². The van der Waals surface area contributed by atoms with E-state index >= 15 is 0 Å². The smallest absolute Gasteiger partial charge is 0.243 e. The van der Waals surface area contributed by atoms with E-state index in [0.717, 1.165) is 46.5 Å². The summed E-state index contributed by atoms with van der Waals surface area (Å²) < 4.78 is 30.0. The van der Waals surface area contributed by atoms with E-state index in [2.05, 4.69) is 15.4 Å². The second kappa shape index (κ2) is 9.23. The number of pyridine rings is 1. The first-order valence-corrected chi connectivity index (χ1v) is 12.9. The molecule has 1 saturated heterocycles. The average Bonchev–Trinajstić information content (AvgIpc) is 3.24. The lowest BCUT2D eigenvalue weighted by Gasteiger charge is -2.32. The van der Waals surface area contributed by atoms with Gasteiger partial charge in [0.2, 0.25) is 10.0 Å². The zero-order valence-corrected chi connectivity index (χ0v) is 20.2.